The zero-order valence-corrected chi connectivity index (χ0v) is 10.1. The van der Waals surface area contributed by atoms with E-state index in [0.717, 1.165) is 5.56 Å². The standard InChI is InChI=1S/C11H11ClN2O3/c1-15-7-4-3-6(5-8(7)16-2)10-9(12)11(13)14-17-10/h3-5H,1-2H3,(H2,13,14). The van der Waals surface area contributed by atoms with Crippen LogP contribution in [0.3, 0.4) is 0 Å². The number of nitrogens with two attached hydrogens (primary N) is 1. The lowest BCUT2D eigenvalue weighted by Gasteiger charge is -2.08. The summed E-state index contributed by atoms with van der Waals surface area (Å²) in [6, 6.07) is 5.28. The van der Waals surface area contributed by atoms with E-state index in [0.29, 0.717) is 17.3 Å². The lowest BCUT2D eigenvalue weighted by atomic mass is 10.1. The van der Waals surface area contributed by atoms with Crippen molar-refractivity contribution < 1.29 is 14.0 Å². The van der Waals surface area contributed by atoms with Gasteiger partial charge in [-0.1, -0.05) is 16.8 Å². The molecule has 6 heteroatoms. The first kappa shape index (κ1) is 11.6. The molecule has 2 N–H and O–H groups in total. The van der Waals surface area contributed by atoms with Crippen LogP contribution < -0.4 is 15.2 Å². The monoisotopic (exact) mass is 254 g/mol. The van der Waals surface area contributed by atoms with Crippen molar-refractivity contribution in [3.8, 4) is 22.8 Å². The van der Waals surface area contributed by atoms with E-state index < -0.39 is 0 Å². The number of methoxy groups -OCH3 is 2. The van der Waals surface area contributed by atoms with Gasteiger partial charge < -0.3 is 19.7 Å². The molecule has 0 amide bonds. The Hall–Kier alpha value is -1.88. The van der Waals surface area contributed by atoms with Gasteiger partial charge in [0.25, 0.3) is 0 Å². The predicted molar refractivity (Wildman–Crippen MR) is 64.5 cm³/mol. The van der Waals surface area contributed by atoms with E-state index in [1.807, 2.05) is 0 Å². The Morgan fingerprint density at radius 3 is 2.47 bits per heavy atom. The van der Waals surface area contributed by atoms with E-state index in [-0.39, 0.29) is 10.8 Å². The fourth-order valence-electron chi connectivity index (χ4n) is 1.45. The van der Waals surface area contributed by atoms with Crippen molar-refractivity contribution in [2.75, 3.05) is 20.0 Å². The Kier molecular flexibility index (Phi) is 3.10. The summed E-state index contributed by atoms with van der Waals surface area (Å²) in [7, 11) is 3.12. The molecule has 0 aliphatic carbocycles. The van der Waals surface area contributed by atoms with Gasteiger partial charge >= 0.3 is 0 Å². The van der Waals surface area contributed by atoms with Crippen LogP contribution in [0, 0.1) is 0 Å². The van der Waals surface area contributed by atoms with Crippen molar-refractivity contribution in [2.24, 2.45) is 0 Å². The predicted octanol–water partition coefficient (Wildman–Crippen LogP) is 2.59. The lowest BCUT2D eigenvalue weighted by Crippen LogP contribution is -1.90. The van der Waals surface area contributed by atoms with Gasteiger partial charge in [-0.2, -0.15) is 0 Å². The minimum atomic E-state index is 0.163. The summed E-state index contributed by atoms with van der Waals surface area (Å²) in [4.78, 5) is 0. The average Bonchev–Trinajstić information content (AvgIpc) is 2.69. The Morgan fingerprint density at radius 1 is 1.24 bits per heavy atom. The van der Waals surface area contributed by atoms with Crippen LogP contribution in [0.5, 0.6) is 11.5 Å². The molecular weight excluding hydrogens is 244 g/mol. The van der Waals surface area contributed by atoms with Gasteiger partial charge in [0.05, 0.1) is 14.2 Å². The number of aromatic nitrogens is 1. The Bertz CT molecular complexity index is 540. The highest BCUT2D eigenvalue weighted by Crippen LogP contribution is 2.37. The fraction of sp³-hybridized carbons (Fsp3) is 0.182. The minimum Gasteiger partial charge on any atom is -0.493 e. The first-order chi connectivity index (χ1) is 8.17. The average molecular weight is 255 g/mol. The summed E-state index contributed by atoms with van der Waals surface area (Å²) < 4.78 is 15.4. The molecule has 0 aliphatic heterocycles. The van der Waals surface area contributed by atoms with Crippen LogP contribution in [0.1, 0.15) is 0 Å². The molecule has 0 atom stereocenters. The van der Waals surface area contributed by atoms with Crippen LogP contribution in [0.15, 0.2) is 22.7 Å². The van der Waals surface area contributed by atoms with Crippen molar-refractivity contribution in [1.82, 2.24) is 5.16 Å². The number of benzene rings is 1. The molecule has 1 heterocycles. The van der Waals surface area contributed by atoms with E-state index in [9.17, 15) is 0 Å². The Labute approximate surface area is 103 Å². The van der Waals surface area contributed by atoms with Gasteiger partial charge in [-0.3, -0.25) is 0 Å². The molecule has 2 rings (SSSR count). The van der Waals surface area contributed by atoms with E-state index >= 15 is 0 Å². The summed E-state index contributed by atoms with van der Waals surface area (Å²) in [5, 5.41) is 3.88. The van der Waals surface area contributed by atoms with Gasteiger partial charge in [0.15, 0.2) is 23.1 Å². The summed E-state index contributed by atoms with van der Waals surface area (Å²) in [5.41, 5.74) is 6.23. The van der Waals surface area contributed by atoms with Crippen LogP contribution in [0.25, 0.3) is 11.3 Å². The highest BCUT2D eigenvalue weighted by Gasteiger charge is 2.15. The maximum atomic E-state index is 5.96. The molecule has 0 fully saturated rings. The van der Waals surface area contributed by atoms with E-state index in [1.54, 1.807) is 32.4 Å². The van der Waals surface area contributed by atoms with Crippen LogP contribution in [-0.2, 0) is 0 Å². The molecule has 90 valence electrons. The summed E-state index contributed by atoms with van der Waals surface area (Å²) in [6.45, 7) is 0. The van der Waals surface area contributed by atoms with E-state index in [1.165, 1.54) is 0 Å². The van der Waals surface area contributed by atoms with Gasteiger partial charge in [-0.05, 0) is 18.2 Å². The number of hydrogen-bond acceptors (Lipinski definition) is 5. The number of nitrogens with zero attached hydrogens (tertiary/aromatic N) is 1. The number of anilines is 1. The molecule has 2 aromatic rings. The summed E-state index contributed by atoms with van der Waals surface area (Å²) in [6.07, 6.45) is 0. The highest BCUT2D eigenvalue weighted by atomic mass is 35.5. The molecule has 0 saturated heterocycles. The molecule has 0 saturated carbocycles. The zero-order valence-electron chi connectivity index (χ0n) is 9.36. The second-order valence-electron chi connectivity index (χ2n) is 3.28. The number of nitrogen functional groups attached to an aromatic ring is 1. The highest BCUT2D eigenvalue weighted by molar-refractivity contribution is 6.35. The third kappa shape index (κ3) is 2.01. The van der Waals surface area contributed by atoms with Crippen molar-refractivity contribution in [3.05, 3.63) is 23.2 Å². The summed E-state index contributed by atoms with van der Waals surface area (Å²) in [5.74, 6) is 1.78. The molecule has 1 aromatic heterocycles. The van der Waals surface area contributed by atoms with Crippen molar-refractivity contribution >= 4 is 17.4 Å². The third-order valence-electron chi connectivity index (χ3n) is 2.31. The van der Waals surface area contributed by atoms with Crippen LogP contribution in [0.2, 0.25) is 5.02 Å². The van der Waals surface area contributed by atoms with Crippen molar-refractivity contribution in [1.29, 1.82) is 0 Å². The van der Waals surface area contributed by atoms with E-state index in [4.69, 9.17) is 31.3 Å². The van der Waals surface area contributed by atoms with Gasteiger partial charge in [0.1, 0.15) is 5.02 Å². The fourth-order valence-corrected chi connectivity index (χ4v) is 1.63. The minimum absolute atomic E-state index is 0.163. The molecule has 0 spiro atoms. The summed E-state index contributed by atoms with van der Waals surface area (Å²) >= 11 is 5.96. The third-order valence-corrected chi connectivity index (χ3v) is 2.67. The molecule has 0 radical (unpaired) electrons. The number of hydrogen-bond donors (Lipinski definition) is 1. The maximum absolute atomic E-state index is 5.96. The van der Waals surface area contributed by atoms with Gasteiger partial charge in [-0.15, -0.1) is 0 Å². The molecule has 1 aromatic carbocycles. The maximum Gasteiger partial charge on any atom is 0.187 e. The van der Waals surface area contributed by atoms with E-state index in [2.05, 4.69) is 5.16 Å². The largest absolute Gasteiger partial charge is 0.493 e. The smallest absolute Gasteiger partial charge is 0.187 e. The molecule has 0 aliphatic rings. The Balaban J connectivity index is 2.50. The van der Waals surface area contributed by atoms with Crippen molar-refractivity contribution in [2.45, 2.75) is 0 Å². The zero-order chi connectivity index (χ0) is 12.4. The lowest BCUT2D eigenvalue weighted by molar-refractivity contribution is 0.355. The van der Waals surface area contributed by atoms with Gasteiger partial charge in [-0.25, -0.2) is 0 Å². The van der Waals surface area contributed by atoms with Crippen LogP contribution in [-0.4, -0.2) is 19.4 Å². The first-order valence-electron chi connectivity index (χ1n) is 4.80. The second-order valence-corrected chi connectivity index (χ2v) is 3.66. The SMILES string of the molecule is COc1ccc(-c2onc(N)c2Cl)cc1OC. The van der Waals surface area contributed by atoms with Crippen LogP contribution >= 0.6 is 11.6 Å². The Morgan fingerprint density at radius 2 is 1.94 bits per heavy atom. The second kappa shape index (κ2) is 4.55. The number of halogens is 1. The number of rotatable bonds is 3. The molecule has 17 heavy (non-hydrogen) atoms. The van der Waals surface area contributed by atoms with Gasteiger partial charge in [0.2, 0.25) is 0 Å². The molecule has 0 bridgehead atoms. The molecular formula is C11H11ClN2O3. The number of ether oxygens (including phenoxy) is 2. The first-order valence-corrected chi connectivity index (χ1v) is 5.18. The quantitative estimate of drug-likeness (QED) is 0.912. The van der Waals surface area contributed by atoms with Crippen LogP contribution in [0.4, 0.5) is 5.82 Å². The topological polar surface area (TPSA) is 70.5 Å². The van der Waals surface area contributed by atoms with Gasteiger partial charge in [0, 0.05) is 5.56 Å². The molecule has 0 unspecified atom stereocenters. The van der Waals surface area contributed by atoms with Crippen molar-refractivity contribution in [3.63, 3.8) is 0 Å². The molecule has 5 nitrogen and oxygen atoms in total. The normalized spacial score (nSPS) is 10.3.